The molecular formula is C72H60Cl2O6Zr2-2. The van der Waals surface area contributed by atoms with Crippen molar-refractivity contribution >= 4 is 43.1 Å². The van der Waals surface area contributed by atoms with Crippen molar-refractivity contribution in [3.05, 3.63) is 240 Å². The second kappa shape index (κ2) is 27.9. The summed E-state index contributed by atoms with van der Waals surface area (Å²) in [5, 5.41) is 10.7. The third-order valence-corrected chi connectivity index (χ3v) is 15.2. The normalized spacial score (nSPS) is 10.9. The summed E-state index contributed by atoms with van der Waals surface area (Å²) in [6.45, 7) is 4.35. The van der Waals surface area contributed by atoms with Crippen molar-refractivity contribution in [2.45, 2.75) is 26.7 Å². The van der Waals surface area contributed by atoms with Crippen LogP contribution in [0.2, 0.25) is 0 Å². The number of benzene rings is 10. The fraction of sp³-hybridized carbons (Fsp3) is 0.139. The van der Waals surface area contributed by atoms with Crippen LogP contribution >= 0.6 is 0 Å². The summed E-state index contributed by atoms with van der Waals surface area (Å²) < 4.78 is 32.3. The summed E-state index contributed by atoms with van der Waals surface area (Å²) >= 11 is 0. The number of aryl methyl sites for hydroxylation is 2. The van der Waals surface area contributed by atoms with Crippen LogP contribution in [0.3, 0.4) is 0 Å². The van der Waals surface area contributed by atoms with Crippen molar-refractivity contribution in [1.82, 2.24) is 0 Å². The van der Waals surface area contributed by atoms with Crippen LogP contribution in [0.5, 0.6) is 34.5 Å². The molecule has 0 N–H and O–H groups in total. The van der Waals surface area contributed by atoms with Gasteiger partial charge in [-0.25, -0.2) is 0 Å². The molecule has 0 saturated heterocycles. The third-order valence-electron chi connectivity index (χ3n) is 15.2. The number of ether oxygens (including phenoxy) is 6. The molecule has 12 aromatic carbocycles. The van der Waals surface area contributed by atoms with E-state index >= 15 is 0 Å². The third kappa shape index (κ3) is 12.1. The minimum absolute atomic E-state index is 0. The van der Waals surface area contributed by atoms with Gasteiger partial charge in [0.2, 0.25) is 0 Å². The molecule has 0 aromatic heterocycles. The molecule has 0 fully saturated rings. The second-order valence-electron chi connectivity index (χ2n) is 19.5. The molecule has 408 valence electrons. The molecule has 12 aromatic rings. The molecule has 0 amide bonds. The average molecular weight is 1270 g/mol. The second-order valence-corrected chi connectivity index (χ2v) is 19.5. The topological polar surface area (TPSA) is 55.4 Å². The Bertz CT molecular complexity index is 3910. The zero-order chi connectivity index (χ0) is 53.9. The van der Waals surface area contributed by atoms with Crippen LogP contribution in [-0.2, 0) is 65.2 Å². The van der Waals surface area contributed by atoms with Gasteiger partial charge in [0.25, 0.3) is 0 Å². The van der Waals surface area contributed by atoms with Gasteiger partial charge in [-0.05, 0) is 94.8 Å². The Kier molecular flexibility index (Phi) is 21.3. The van der Waals surface area contributed by atoms with Crippen molar-refractivity contribution in [2.24, 2.45) is 0 Å². The molecule has 0 saturated carbocycles. The van der Waals surface area contributed by atoms with Crippen molar-refractivity contribution in [1.29, 1.82) is 0 Å². The molecule has 2 aliphatic carbocycles. The molecule has 0 heterocycles. The first kappa shape index (κ1) is 62.7. The molecule has 0 aliphatic heterocycles. The summed E-state index contributed by atoms with van der Waals surface area (Å²) in [7, 11) is 9.97. The fourth-order valence-electron chi connectivity index (χ4n) is 11.4. The molecule has 0 bridgehead atoms. The Balaban J connectivity index is 0.000000155. The van der Waals surface area contributed by atoms with Crippen LogP contribution in [0.25, 0.3) is 87.6 Å². The maximum absolute atomic E-state index is 5.52. The molecule has 0 spiro atoms. The van der Waals surface area contributed by atoms with Crippen LogP contribution < -0.4 is 53.2 Å². The van der Waals surface area contributed by atoms with E-state index in [-0.39, 0.29) is 77.2 Å². The molecule has 10 heteroatoms. The maximum Gasteiger partial charge on any atom is 2.00 e. The Morgan fingerprint density at radius 1 is 0.366 bits per heavy atom. The number of methoxy groups -OCH3 is 6. The number of hydrogen-bond donors (Lipinski definition) is 0. The predicted molar refractivity (Wildman–Crippen MR) is 321 cm³/mol. The largest absolute Gasteiger partial charge is 2.00 e. The van der Waals surface area contributed by atoms with E-state index in [0.29, 0.717) is 11.5 Å². The van der Waals surface area contributed by atoms with Crippen LogP contribution in [-0.4, -0.2) is 42.7 Å². The van der Waals surface area contributed by atoms with Crippen LogP contribution in [0.15, 0.2) is 194 Å². The molecule has 6 nitrogen and oxygen atoms in total. The Morgan fingerprint density at radius 2 is 0.744 bits per heavy atom. The van der Waals surface area contributed by atoms with Crippen LogP contribution in [0, 0.1) is 26.0 Å². The Labute approximate surface area is 532 Å². The van der Waals surface area contributed by atoms with E-state index in [4.69, 9.17) is 28.4 Å². The standard InChI is InChI=1S/2C20H15.2C16H15O3.2ClH.2Zr/c2*1-14-6-4-10-18-16(14)9-5-11-19(18)20-13-12-15-7-2-3-8-17(15)20;2*1-17-12-5-6-13-11(9-12)8-10-4-7-14(18-2)16(19-3)15(10)13;;;;/h2*2-13H,1H3;2*5-7,9H,8H2,1-3H3;2*1H;;/q4*-1;;;2*+2/p-2. The quantitative estimate of drug-likeness (QED) is 0.141. The summed E-state index contributed by atoms with van der Waals surface area (Å²) in [5.74, 6) is 4.73. The van der Waals surface area contributed by atoms with E-state index in [1.54, 1.807) is 42.7 Å². The molecular weight excluding hydrogens is 1210 g/mol. The van der Waals surface area contributed by atoms with Gasteiger partial charge in [0, 0.05) is 11.5 Å². The zero-order valence-corrected chi connectivity index (χ0v) is 53.5. The van der Waals surface area contributed by atoms with Crippen molar-refractivity contribution in [3.8, 4) is 79.0 Å². The van der Waals surface area contributed by atoms with Gasteiger partial charge in [0.15, 0.2) is 0 Å². The van der Waals surface area contributed by atoms with Gasteiger partial charge < -0.3 is 53.2 Å². The van der Waals surface area contributed by atoms with Gasteiger partial charge in [0.05, 0.1) is 54.2 Å². The summed E-state index contributed by atoms with van der Waals surface area (Å²) in [4.78, 5) is 0. The van der Waals surface area contributed by atoms with Crippen LogP contribution in [0.1, 0.15) is 33.4 Å². The van der Waals surface area contributed by atoms with Crippen molar-refractivity contribution < 1.29 is 106 Å². The first-order chi connectivity index (χ1) is 38.2. The Morgan fingerprint density at radius 3 is 1.13 bits per heavy atom. The van der Waals surface area contributed by atoms with Gasteiger partial charge >= 0.3 is 52.4 Å². The summed E-state index contributed by atoms with van der Waals surface area (Å²) in [5.41, 5.74) is 17.2. The van der Waals surface area contributed by atoms with Crippen molar-refractivity contribution in [2.75, 3.05) is 42.7 Å². The van der Waals surface area contributed by atoms with E-state index in [1.165, 1.54) is 98.7 Å². The fourth-order valence-corrected chi connectivity index (χ4v) is 11.4. The number of fused-ring (bicyclic) bond motifs is 10. The van der Waals surface area contributed by atoms with Crippen molar-refractivity contribution in [3.63, 3.8) is 0 Å². The van der Waals surface area contributed by atoms with E-state index in [2.05, 4.69) is 196 Å². The first-order valence-corrected chi connectivity index (χ1v) is 26.2. The van der Waals surface area contributed by atoms with Gasteiger partial charge in [-0.2, -0.15) is 12.1 Å². The SMILES string of the molecule is COc1ccc2c(c1)Cc1[c-]cc(OC)c(OC)c1-2.COc1ccc2c(c1)Cc1[c-]cc(OC)c(OC)c1-2.Cc1cccc2c(-c3c[cH-]c4ccccc34)cccc12.Cc1cccc2c(-c3c[cH-]c4ccccc34)cccc12.[Cl-].[Cl-].[Zr+2].[Zr+2]. The van der Waals surface area contributed by atoms with Gasteiger partial charge in [-0.1, -0.05) is 130 Å². The molecule has 0 atom stereocenters. The molecule has 0 radical (unpaired) electrons. The smallest absolute Gasteiger partial charge is 1.00 e. The molecule has 14 rings (SSSR count). The molecule has 2 aliphatic rings. The maximum atomic E-state index is 5.52. The summed E-state index contributed by atoms with van der Waals surface area (Å²) in [6.07, 6.45) is 1.70. The minimum atomic E-state index is 0. The van der Waals surface area contributed by atoms with Gasteiger partial charge in [0.1, 0.15) is 11.5 Å². The zero-order valence-electron chi connectivity index (χ0n) is 47.1. The number of hydrogen-bond acceptors (Lipinski definition) is 6. The van der Waals surface area contributed by atoms with Crippen LogP contribution in [0.4, 0.5) is 0 Å². The minimum Gasteiger partial charge on any atom is -1.00 e. The number of halogens is 2. The Hall–Kier alpha value is -6.91. The van der Waals surface area contributed by atoms with Gasteiger partial charge in [-0.15, -0.1) is 117 Å². The van der Waals surface area contributed by atoms with E-state index in [1.807, 2.05) is 24.3 Å². The van der Waals surface area contributed by atoms with E-state index in [9.17, 15) is 0 Å². The monoisotopic (exact) mass is 1270 g/mol. The van der Waals surface area contributed by atoms with Gasteiger partial charge in [-0.3, -0.25) is 0 Å². The predicted octanol–water partition coefficient (Wildman–Crippen LogP) is 11.5. The number of rotatable bonds is 8. The molecule has 82 heavy (non-hydrogen) atoms. The van der Waals surface area contributed by atoms with E-state index in [0.717, 1.165) is 58.1 Å². The molecule has 0 unspecified atom stereocenters. The van der Waals surface area contributed by atoms with E-state index < -0.39 is 0 Å². The average Bonchev–Trinajstić information content (AvgIpc) is 4.37. The summed E-state index contributed by atoms with van der Waals surface area (Å²) in [6, 6.07) is 74.8. The first-order valence-electron chi connectivity index (χ1n) is 26.2.